The van der Waals surface area contributed by atoms with Crippen LogP contribution in [-0.4, -0.2) is 19.0 Å². The van der Waals surface area contributed by atoms with Crippen molar-refractivity contribution in [2.75, 3.05) is 13.1 Å². The van der Waals surface area contributed by atoms with Crippen molar-refractivity contribution in [1.82, 2.24) is 5.32 Å². The van der Waals surface area contributed by atoms with E-state index >= 15 is 0 Å². The van der Waals surface area contributed by atoms with Gasteiger partial charge in [-0.15, -0.1) is 0 Å². The Balaban J connectivity index is 1.60. The lowest BCUT2D eigenvalue weighted by Crippen LogP contribution is -3.09. The molecule has 1 amide bonds. The molecule has 28 heavy (non-hydrogen) atoms. The van der Waals surface area contributed by atoms with E-state index in [1.807, 2.05) is 18.2 Å². The van der Waals surface area contributed by atoms with Crippen molar-refractivity contribution in [3.05, 3.63) is 76.0 Å². The third kappa shape index (κ3) is 5.64. The number of fused-ring (bicyclic) bond motifs is 1. The van der Waals surface area contributed by atoms with Crippen LogP contribution in [0.25, 0.3) is 0 Å². The number of hydroxylamine groups is 2. The average molecular weight is 382 g/mol. The molecule has 4 N–H and O–H groups in total. The van der Waals surface area contributed by atoms with Crippen molar-refractivity contribution in [3.63, 3.8) is 0 Å². The van der Waals surface area contributed by atoms with Crippen LogP contribution < -0.4 is 16.1 Å². The van der Waals surface area contributed by atoms with E-state index in [0.717, 1.165) is 32.4 Å². The Morgan fingerprint density at radius 2 is 2.04 bits per heavy atom. The summed E-state index contributed by atoms with van der Waals surface area (Å²) in [6.07, 6.45) is 2.87. The van der Waals surface area contributed by atoms with Gasteiger partial charge in [0.05, 0.1) is 6.54 Å². The summed E-state index contributed by atoms with van der Waals surface area (Å²) in [4.78, 5) is 10.9. The number of amides is 1. The molecule has 1 heterocycles. The van der Waals surface area contributed by atoms with Gasteiger partial charge in [0.2, 0.25) is 5.91 Å². The van der Waals surface area contributed by atoms with Gasteiger partial charge in [0, 0.05) is 31.4 Å². The first kappa shape index (κ1) is 20.5. The number of hydrogen-bond donors (Lipinski definition) is 3. The summed E-state index contributed by atoms with van der Waals surface area (Å²) in [5.74, 6) is 0.180. The van der Waals surface area contributed by atoms with Crippen LogP contribution in [0.3, 0.4) is 0 Å². The van der Waals surface area contributed by atoms with Gasteiger partial charge in [0.15, 0.2) is 0 Å². The first-order valence-corrected chi connectivity index (χ1v) is 10.2. The molecule has 0 aromatic heterocycles. The van der Waals surface area contributed by atoms with Gasteiger partial charge in [-0.25, -0.2) is 0 Å². The number of carbonyl (C=O) groups excluding carboxylic acids is 1. The number of quaternary nitrogens is 1. The topological polar surface area (TPSA) is 82.6 Å². The fourth-order valence-electron chi connectivity index (χ4n) is 3.96. The zero-order chi connectivity index (χ0) is 19.9. The monoisotopic (exact) mass is 381 g/mol. The lowest BCUT2D eigenvalue weighted by atomic mass is 9.89. The zero-order valence-electron chi connectivity index (χ0n) is 16.6. The Morgan fingerprint density at radius 3 is 2.79 bits per heavy atom. The molecule has 3 unspecified atom stereocenters. The van der Waals surface area contributed by atoms with Crippen molar-refractivity contribution < 1.29 is 9.86 Å². The maximum absolute atomic E-state index is 12.6. The largest absolute Gasteiger partial charge is 0.634 e. The molecule has 0 radical (unpaired) electrons. The van der Waals surface area contributed by atoms with Crippen LogP contribution in [0, 0.1) is 11.1 Å². The standard InChI is InChI=1S/C23H31N3O2/c1-17(7-10-23(24)27)15-25-16-19-8-9-21-20(13-19)11-12-26(28)22(21)14-18-5-3-2-4-6-18/h2-6,8-9,13,17,22,25-26H,7,10-12,14-16H2,1H3,(H2,24,27). The van der Waals surface area contributed by atoms with E-state index in [-0.39, 0.29) is 11.9 Å². The number of benzene rings is 2. The van der Waals surface area contributed by atoms with Crippen LogP contribution >= 0.6 is 0 Å². The van der Waals surface area contributed by atoms with Gasteiger partial charge in [-0.05, 0) is 35.6 Å². The van der Waals surface area contributed by atoms with Gasteiger partial charge in [-0.1, -0.05) is 55.5 Å². The number of carbonyl (C=O) groups is 1. The predicted molar refractivity (Wildman–Crippen MR) is 112 cm³/mol. The molecule has 1 aliphatic rings. The molecular weight excluding hydrogens is 350 g/mol. The lowest BCUT2D eigenvalue weighted by Gasteiger charge is -2.37. The maximum atomic E-state index is 12.6. The highest BCUT2D eigenvalue weighted by atomic mass is 16.5. The summed E-state index contributed by atoms with van der Waals surface area (Å²) in [6, 6.07) is 16.8. The minimum Gasteiger partial charge on any atom is -0.634 e. The SMILES string of the molecule is CC(CCC(N)=O)CNCc1ccc2c(c1)CC[NH+]([O-])C2Cc1ccccc1. The smallest absolute Gasteiger partial charge is 0.217 e. The normalized spacial score (nSPS) is 19.8. The van der Waals surface area contributed by atoms with Gasteiger partial charge in [0.1, 0.15) is 6.04 Å². The Labute approximate surface area is 167 Å². The van der Waals surface area contributed by atoms with Gasteiger partial charge < -0.3 is 21.3 Å². The van der Waals surface area contributed by atoms with E-state index in [1.165, 1.54) is 22.3 Å². The quantitative estimate of drug-likeness (QED) is 0.580. The van der Waals surface area contributed by atoms with Crippen LogP contribution in [0.4, 0.5) is 0 Å². The molecule has 0 saturated heterocycles. The summed E-state index contributed by atoms with van der Waals surface area (Å²) in [5.41, 5.74) is 10.2. The summed E-state index contributed by atoms with van der Waals surface area (Å²) < 4.78 is 0. The van der Waals surface area contributed by atoms with Crippen LogP contribution in [0.5, 0.6) is 0 Å². The van der Waals surface area contributed by atoms with E-state index in [9.17, 15) is 10.0 Å². The van der Waals surface area contributed by atoms with Crippen molar-refractivity contribution in [2.45, 2.75) is 45.2 Å². The second-order valence-electron chi connectivity index (χ2n) is 7.98. The number of nitrogens with two attached hydrogens (primary N) is 1. The molecule has 5 nitrogen and oxygen atoms in total. The highest BCUT2D eigenvalue weighted by Crippen LogP contribution is 2.24. The third-order valence-corrected chi connectivity index (χ3v) is 5.60. The van der Waals surface area contributed by atoms with E-state index in [0.29, 0.717) is 23.9 Å². The minimum absolute atomic E-state index is 0.0259. The lowest BCUT2D eigenvalue weighted by molar-refractivity contribution is -0.884. The average Bonchev–Trinajstić information content (AvgIpc) is 2.69. The third-order valence-electron chi connectivity index (χ3n) is 5.60. The fourth-order valence-corrected chi connectivity index (χ4v) is 3.96. The van der Waals surface area contributed by atoms with E-state index in [2.05, 4.69) is 42.6 Å². The summed E-state index contributed by atoms with van der Waals surface area (Å²) in [5, 5.41) is 16.4. The summed E-state index contributed by atoms with van der Waals surface area (Å²) >= 11 is 0. The Morgan fingerprint density at radius 1 is 1.25 bits per heavy atom. The molecule has 0 fully saturated rings. The second-order valence-corrected chi connectivity index (χ2v) is 7.98. The highest BCUT2D eigenvalue weighted by molar-refractivity contribution is 5.73. The molecular formula is C23H31N3O2. The number of hydrogen-bond acceptors (Lipinski definition) is 3. The first-order chi connectivity index (χ1) is 13.5. The second kappa shape index (κ2) is 9.82. The molecule has 0 bridgehead atoms. The molecule has 3 atom stereocenters. The van der Waals surface area contributed by atoms with Crippen LogP contribution in [0.1, 0.15) is 48.1 Å². The number of nitrogens with one attached hydrogen (secondary N) is 2. The van der Waals surface area contributed by atoms with Gasteiger partial charge >= 0.3 is 0 Å². The fraction of sp³-hybridized carbons (Fsp3) is 0.435. The minimum atomic E-state index is -0.235. The molecule has 2 aromatic carbocycles. The molecule has 5 heteroatoms. The first-order valence-electron chi connectivity index (χ1n) is 10.2. The molecule has 150 valence electrons. The van der Waals surface area contributed by atoms with E-state index in [1.54, 1.807) is 0 Å². The Hall–Kier alpha value is -2.21. The van der Waals surface area contributed by atoms with E-state index < -0.39 is 0 Å². The Bertz CT molecular complexity index is 779. The van der Waals surface area contributed by atoms with Crippen LogP contribution in [0.2, 0.25) is 0 Å². The van der Waals surface area contributed by atoms with Crippen molar-refractivity contribution >= 4 is 5.91 Å². The van der Waals surface area contributed by atoms with Crippen LogP contribution in [-0.2, 0) is 24.2 Å². The number of rotatable bonds is 9. The molecule has 3 rings (SSSR count). The summed E-state index contributed by atoms with van der Waals surface area (Å²) in [7, 11) is 0. The van der Waals surface area contributed by atoms with Gasteiger partial charge in [-0.3, -0.25) is 4.79 Å². The van der Waals surface area contributed by atoms with Crippen molar-refractivity contribution in [3.8, 4) is 0 Å². The predicted octanol–water partition coefficient (Wildman–Crippen LogP) is 1.90. The summed E-state index contributed by atoms with van der Waals surface area (Å²) in [6.45, 7) is 4.42. The van der Waals surface area contributed by atoms with Crippen molar-refractivity contribution in [1.29, 1.82) is 0 Å². The highest BCUT2D eigenvalue weighted by Gasteiger charge is 2.26. The van der Waals surface area contributed by atoms with Gasteiger partial charge in [0.25, 0.3) is 0 Å². The molecule has 1 aliphatic heterocycles. The van der Waals surface area contributed by atoms with Crippen molar-refractivity contribution in [2.24, 2.45) is 11.7 Å². The molecule has 0 aliphatic carbocycles. The maximum Gasteiger partial charge on any atom is 0.217 e. The number of primary amides is 1. The van der Waals surface area contributed by atoms with E-state index in [4.69, 9.17) is 5.73 Å². The molecule has 0 saturated carbocycles. The zero-order valence-corrected chi connectivity index (χ0v) is 16.6. The van der Waals surface area contributed by atoms with Gasteiger partial charge in [-0.2, -0.15) is 0 Å². The molecule has 0 spiro atoms. The molecule has 2 aromatic rings. The van der Waals surface area contributed by atoms with Crippen LogP contribution in [0.15, 0.2) is 48.5 Å². The Kier molecular flexibility index (Phi) is 7.20.